The molecule has 152 valence electrons. The number of nitrogens with one attached hydrogen (secondary N) is 2. The third-order valence-corrected chi connectivity index (χ3v) is 5.59. The standard InChI is InChI=1S/C18H14BrF3N4O2S/c1-9-14(16(28)25-24-15(27)13-7-12(19)8-26(13)2)29-17(23-9)10-3-5-11(6-4-10)18(20,21)22/h3-8H,1-2H3,(H,24,27)(H,25,28). The Labute approximate surface area is 175 Å². The molecule has 6 nitrogen and oxygen atoms in total. The summed E-state index contributed by atoms with van der Waals surface area (Å²) in [6.07, 6.45) is -2.73. The molecule has 0 spiro atoms. The van der Waals surface area contributed by atoms with Gasteiger partial charge in [0.25, 0.3) is 11.8 Å². The monoisotopic (exact) mass is 486 g/mol. The molecular formula is C18H14BrF3N4O2S. The molecule has 0 aliphatic carbocycles. The Balaban J connectivity index is 1.72. The number of amides is 2. The quantitative estimate of drug-likeness (QED) is 0.541. The van der Waals surface area contributed by atoms with Gasteiger partial charge in [0.05, 0.1) is 11.3 Å². The van der Waals surface area contributed by atoms with Gasteiger partial charge in [0, 0.05) is 23.3 Å². The van der Waals surface area contributed by atoms with Crippen LogP contribution in [0.15, 0.2) is 41.0 Å². The molecule has 3 rings (SSSR count). The number of aryl methyl sites for hydroxylation is 2. The lowest BCUT2D eigenvalue weighted by molar-refractivity contribution is -0.137. The molecule has 0 saturated carbocycles. The Morgan fingerprint density at radius 3 is 2.31 bits per heavy atom. The van der Waals surface area contributed by atoms with Crippen LogP contribution in [0.2, 0.25) is 0 Å². The topological polar surface area (TPSA) is 76.0 Å². The Morgan fingerprint density at radius 2 is 1.76 bits per heavy atom. The summed E-state index contributed by atoms with van der Waals surface area (Å²) in [6.45, 7) is 1.61. The average Bonchev–Trinajstić information content (AvgIpc) is 3.20. The second kappa shape index (κ2) is 7.99. The molecule has 0 fully saturated rings. The van der Waals surface area contributed by atoms with E-state index in [-0.39, 0.29) is 4.88 Å². The molecule has 0 aliphatic rings. The van der Waals surface area contributed by atoms with Crippen molar-refractivity contribution in [3.63, 3.8) is 0 Å². The predicted octanol–water partition coefficient (Wildman–Crippen LogP) is 4.31. The Bertz CT molecular complexity index is 1070. The zero-order valence-electron chi connectivity index (χ0n) is 15.1. The number of benzene rings is 1. The van der Waals surface area contributed by atoms with E-state index in [1.165, 1.54) is 12.1 Å². The molecule has 2 heterocycles. The van der Waals surface area contributed by atoms with Crippen molar-refractivity contribution in [1.29, 1.82) is 0 Å². The minimum atomic E-state index is -4.42. The Morgan fingerprint density at radius 1 is 1.14 bits per heavy atom. The Hall–Kier alpha value is -2.66. The maximum atomic E-state index is 12.7. The molecule has 0 aliphatic heterocycles. The van der Waals surface area contributed by atoms with E-state index in [9.17, 15) is 22.8 Å². The molecule has 2 amide bonds. The lowest BCUT2D eigenvalue weighted by Crippen LogP contribution is -2.42. The largest absolute Gasteiger partial charge is 0.416 e. The third-order valence-electron chi connectivity index (χ3n) is 3.96. The second-order valence-electron chi connectivity index (χ2n) is 6.07. The van der Waals surface area contributed by atoms with Gasteiger partial charge in [-0.25, -0.2) is 4.98 Å². The van der Waals surface area contributed by atoms with Crippen molar-refractivity contribution in [3.05, 3.63) is 62.8 Å². The lowest BCUT2D eigenvalue weighted by Gasteiger charge is -2.07. The molecular weight excluding hydrogens is 473 g/mol. The van der Waals surface area contributed by atoms with Crippen molar-refractivity contribution >= 4 is 39.1 Å². The van der Waals surface area contributed by atoms with Crippen LogP contribution < -0.4 is 10.9 Å². The number of nitrogens with zero attached hydrogens (tertiary/aromatic N) is 2. The van der Waals surface area contributed by atoms with E-state index in [1.807, 2.05) is 0 Å². The first-order valence-corrected chi connectivity index (χ1v) is 9.75. The fourth-order valence-corrected chi connectivity index (χ4v) is 4.01. The van der Waals surface area contributed by atoms with Crippen LogP contribution in [0.25, 0.3) is 10.6 Å². The maximum absolute atomic E-state index is 12.7. The van der Waals surface area contributed by atoms with Crippen molar-refractivity contribution in [2.75, 3.05) is 0 Å². The van der Waals surface area contributed by atoms with Crippen LogP contribution in [0.3, 0.4) is 0 Å². The van der Waals surface area contributed by atoms with E-state index in [1.54, 1.807) is 30.8 Å². The number of rotatable bonds is 3. The summed E-state index contributed by atoms with van der Waals surface area (Å²) < 4.78 is 40.4. The maximum Gasteiger partial charge on any atom is 0.416 e. The Kier molecular flexibility index (Phi) is 5.80. The predicted molar refractivity (Wildman–Crippen MR) is 105 cm³/mol. The number of hydrazine groups is 1. The molecule has 0 bridgehead atoms. The van der Waals surface area contributed by atoms with Crippen molar-refractivity contribution in [2.24, 2.45) is 7.05 Å². The van der Waals surface area contributed by atoms with Crippen LogP contribution in [-0.4, -0.2) is 21.4 Å². The number of aromatic nitrogens is 2. The number of halogens is 4. The number of alkyl halides is 3. The van der Waals surface area contributed by atoms with Gasteiger partial charge in [-0.1, -0.05) is 12.1 Å². The van der Waals surface area contributed by atoms with Crippen LogP contribution in [0.1, 0.15) is 31.4 Å². The lowest BCUT2D eigenvalue weighted by atomic mass is 10.1. The number of thiazole rings is 1. The van der Waals surface area contributed by atoms with Crippen LogP contribution in [0, 0.1) is 6.92 Å². The zero-order valence-corrected chi connectivity index (χ0v) is 17.5. The fourth-order valence-electron chi connectivity index (χ4n) is 2.52. The van der Waals surface area contributed by atoms with Crippen LogP contribution >= 0.6 is 27.3 Å². The van der Waals surface area contributed by atoms with Crippen molar-refractivity contribution in [2.45, 2.75) is 13.1 Å². The number of carbonyl (C=O) groups excluding carboxylic acids is 2. The van der Waals surface area contributed by atoms with E-state index in [0.29, 0.717) is 22.0 Å². The normalized spacial score (nSPS) is 11.4. The number of hydrogen-bond donors (Lipinski definition) is 2. The highest BCUT2D eigenvalue weighted by molar-refractivity contribution is 9.10. The summed E-state index contributed by atoms with van der Waals surface area (Å²) in [5.41, 5.74) is 5.09. The van der Waals surface area contributed by atoms with Gasteiger partial charge in [-0.05, 0) is 41.1 Å². The van der Waals surface area contributed by atoms with Gasteiger partial charge in [0.2, 0.25) is 0 Å². The smallest absolute Gasteiger partial charge is 0.345 e. The highest BCUT2D eigenvalue weighted by Crippen LogP contribution is 2.32. The molecule has 2 N–H and O–H groups in total. The van der Waals surface area contributed by atoms with Gasteiger partial charge in [0.1, 0.15) is 15.6 Å². The first-order valence-electron chi connectivity index (χ1n) is 8.14. The van der Waals surface area contributed by atoms with E-state index in [0.717, 1.165) is 27.9 Å². The van der Waals surface area contributed by atoms with Crippen LogP contribution in [0.4, 0.5) is 13.2 Å². The SMILES string of the molecule is Cc1nc(-c2ccc(C(F)(F)F)cc2)sc1C(=O)NNC(=O)c1cc(Br)cn1C. The summed E-state index contributed by atoms with van der Waals surface area (Å²) >= 11 is 4.28. The van der Waals surface area contributed by atoms with Crippen molar-refractivity contribution < 1.29 is 22.8 Å². The second-order valence-corrected chi connectivity index (χ2v) is 7.99. The van der Waals surface area contributed by atoms with Gasteiger partial charge in [0.15, 0.2) is 0 Å². The van der Waals surface area contributed by atoms with E-state index >= 15 is 0 Å². The summed E-state index contributed by atoms with van der Waals surface area (Å²) in [5.74, 6) is -1.07. The summed E-state index contributed by atoms with van der Waals surface area (Å²) in [5, 5.41) is 0.402. The highest BCUT2D eigenvalue weighted by Gasteiger charge is 2.30. The first kappa shape index (κ1) is 21.1. The van der Waals surface area contributed by atoms with Gasteiger partial charge >= 0.3 is 6.18 Å². The zero-order chi connectivity index (χ0) is 21.3. The number of carbonyl (C=O) groups is 2. The van der Waals surface area contributed by atoms with Crippen molar-refractivity contribution in [1.82, 2.24) is 20.4 Å². The molecule has 29 heavy (non-hydrogen) atoms. The molecule has 11 heteroatoms. The average molecular weight is 487 g/mol. The third kappa shape index (κ3) is 4.67. The molecule has 3 aromatic rings. The molecule has 2 aromatic heterocycles. The number of hydrogen-bond acceptors (Lipinski definition) is 4. The molecule has 0 saturated heterocycles. The summed E-state index contributed by atoms with van der Waals surface area (Å²) in [4.78, 5) is 29.1. The van der Waals surface area contributed by atoms with Crippen molar-refractivity contribution in [3.8, 4) is 10.6 Å². The summed E-state index contributed by atoms with van der Waals surface area (Å²) in [7, 11) is 1.69. The molecule has 0 atom stereocenters. The van der Waals surface area contributed by atoms with Gasteiger partial charge in [-0.15, -0.1) is 11.3 Å². The molecule has 1 aromatic carbocycles. The molecule has 0 radical (unpaired) electrons. The molecule has 0 unspecified atom stereocenters. The first-order chi connectivity index (χ1) is 13.6. The van der Waals surface area contributed by atoms with Crippen LogP contribution in [-0.2, 0) is 13.2 Å². The van der Waals surface area contributed by atoms with E-state index in [4.69, 9.17) is 0 Å². The van der Waals surface area contributed by atoms with E-state index < -0.39 is 23.6 Å². The van der Waals surface area contributed by atoms with Gasteiger partial charge in [-0.2, -0.15) is 13.2 Å². The minimum Gasteiger partial charge on any atom is -0.345 e. The highest BCUT2D eigenvalue weighted by atomic mass is 79.9. The van der Waals surface area contributed by atoms with Crippen LogP contribution in [0.5, 0.6) is 0 Å². The van der Waals surface area contributed by atoms with Gasteiger partial charge < -0.3 is 4.57 Å². The van der Waals surface area contributed by atoms with Gasteiger partial charge in [-0.3, -0.25) is 20.4 Å². The van der Waals surface area contributed by atoms with E-state index in [2.05, 4.69) is 31.8 Å². The minimum absolute atomic E-state index is 0.244. The fraction of sp³-hybridized carbons (Fsp3) is 0.167. The summed E-state index contributed by atoms with van der Waals surface area (Å²) in [6, 6.07) is 6.13.